The summed E-state index contributed by atoms with van der Waals surface area (Å²) in [6.07, 6.45) is 6.30. The van der Waals surface area contributed by atoms with Crippen LogP contribution in [0.4, 0.5) is 0 Å². The van der Waals surface area contributed by atoms with Crippen molar-refractivity contribution in [1.29, 1.82) is 0 Å². The summed E-state index contributed by atoms with van der Waals surface area (Å²) < 4.78 is 7.38. The molecule has 1 unspecified atom stereocenters. The topological polar surface area (TPSA) is 47.1 Å². The molecule has 0 bridgehead atoms. The highest BCUT2D eigenvalue weighted by molar-refractivity contribution is 5.03. The lowest BCUT2D eigenvalue weighted by molar-refractivity contribution is 0.224. The van der Waals surface area contributed by atoms with Gasteiger partial charge < -0.3 is 14.0 Å². The van der Waals surface area contributed by atoms with E-state index in [0.717, 1.165) is 37.5 Å². The fourth-order valence-corrected chi connectivity index (χ4v) is 2.86. The van der Waals surface area contributed by atoms with Gasteiger partial charge in [-0.1, -0.05) is 5.16 Å². The summed E-state index contributed by atoms with van der Waals surface area (Å²) in [4.78, 5) is 6.69. The van der Waals surface area contributed by atoms with E-state index in [1.54, 1.807) is 0 Å². The molecule has 0 saturated heterocycles. The molecule has 1 aliphatic rings. The van der Waals surface area contributed by atoms with Gasteiger partial charge in [0.2, 0.25) is 0 Å². The molecule has 2 aromatic heterocycles. The molecule has 102 valence electrons. The maximum absolute atomic E-state index is 5.10. The monoisotopic (exact) mass is 260 g/mol. The Bertz CT molecular complexity index is 545. The molecule has 5 heteroatoms. The molecular weight excluding hydrogens is 240 g/mol. The highest BCUT2D eigenvalue weighted by atomic mass is 16.5. The molecule has 0 radical (unpaired) electrons. The first-order valence-electron chi connectivity index (χ1n) is 6.81. The molecule has 3 rings (SSSR count). The molecule has 1 aliphatic heterocycles. The lowest BCUT2D eigenvalue weighted by Crippen LogP contribution is -2.31. The number of rotatable bonds is 4. The number of fused-ring (bicyclic) bond motifs is 1. The fourth-order valence-electron chi connectivity index (χ4n) is 2.86. The SMILES string of the molecule is Cc1cc(CN(C)CC2CCc3nccn3C2)no1. The Hall–Kier alpha value is -1.62. The molecule has 0 aromatic carbocycles. The summed E-state index contributed by atoms with van der Waals surface area (Å²) in [5, 5.41) is 4.04. The molecule has 2 aromatic rings. The van der Waals surface area contributed by atoms with E-state index in [9.17, 15) is 0 Å². The average Bonchev–Trinajstić information content (AvgIpc) is 2.97. The molecule has 5 nitrogen and oxygen atoms in total. The van der Waals surface area contributed by atoms with Gasteiger partial charge in [-0.25, -0.2) is 4.98 Å². The van der Waals surface area contributed by atoms with Gasteiger partial charge in [0.25, 0.3) is 0 Å². The van der Waals surface area contributed by atoms with Crippen LogP contribution in [0, 0.1) is 12.8 Å². The van der Waals surface area contributed by atoms with E-state index < -0.39 is 0 Å². The van der Waals surface area contributed by atoms with Gasteiger partial charge in [0.15, 0.2) is 0 Å². The molecule has 0 aliphatic carbocycles. The Kier molecular flexibility index (Phi) is 3.38. The van der Waals surface area contributed by atoms with Gasteiger partial charge in [0.1, 0.15) is 11.6 Å². The Morgan fingerprint density at radius 2 is 2.42 bits per heavy atom. The minimum atomic E-state index is 0.694. The third-order valence-electron chi connectivity index (χ3n) is 3.71. The van der Waals surface area contributed by atoms with E-state index >= 15 is 0 Å². The fraction of sp³-hybridized carbons (Fsp3) is 0.571. The second-order valence-electron chi connectivity index (χ2n) is 5.53. The van der Waals surface area contributed by atoms with Crippen LogP contribution in [-0.4, -0.2) is 33.2 Å². The average molecular weight is 260 g/mol. The summed E-state index contributed by atoms with van der Waals surface area (Å²) in [6, 6.07) is 2.01. The van der Waals surface area contributed by atoms with Crippen LogP contribution < -0.4 is 0 Å². The standard InChI is InChI=1S/C14H20N4O/c1-11-7-13(16-19-11)10-17(2)8-12-3-4-14-15-5-6-18(14)9-12/h5-7,12H,3-4,8-10H2,1-2H3. The number of nitrogens with zero attached hydrogens (tertiary/aromatic N) is 4. The zero-order valence-corrected chi connectivity index (χ0v) is 11.5. The van der Waals surface area contributed by atoms with E-state index in [2.05, 4.69) is 32.9 Å². The summed E-state index contributed by atoms with van der Waals surface area (Å²) in [5.41, 5.74) is 1.01. The van der Waals surface area contributed by atoms with Crippen LogP contribution in [-0.2, 0) is 19.5 Å². The van der Waals surface area contributed by atoms with Crippen LogP contribution >= 0.6 is 0 Å². The highest BCUT2D eigenvalue weighted by Gasteiger charge is 2.20. The third kappa shape index (κ3) is 2.87. The molecule has 0 saturated carbocycles. The van der Waals surface area contributed by atoms with Gasteiger partial charge in [-0.15, -0.1) is 0 Å². The zero-order valence-electron chi connectivity index (χ0n) is 11.5. The molecule has 0 N–H and O–H groups in total. The van der Waals surface area contributed by atoms with Gasteiger partial charge in [-0.3, -0.25) is 0 Å². The number of aryl methyl sites for hydroxylation is 2. The molecule has 0 amide bonds. The van der Waals surface area contributed by atoms with Crippen LogP contribution in [0.5, 0.6) is 0 Å². The van der Waals surface area contributed by atoms with E-state index in [-0.39, 0.29) is 0 Å². The van der Waals surface area contributed by atoms with Crippen LogP contribution in [0.15, 0.2) is 23.0 Å². The van der Waals surface area contributed by atoms with E-state index in [0.29, 0.717) is 5.92 Å². The number of hydrogen-bond donors (Lipinski definition) is 0. The zero-order chi connectivity index (χ0) is 13.2. The minimum Gasteiger partial charge on any atom is -0.361 e. The third-order valence-corrected chi connectivity index (χ3v) is 3.71. The summed E-state index contributed by atoms with van der Waals surface area (Å²) >= 11 is 0. The predicted octanol–water partition coefficient (Wildman–Crippen LogP) is 1.87. The first-order chi connectivity index (χ1) is 9.20. The first kappa shape index (κ1) is 12.4. The number of aromatic nitrogens is 3. The Morgan fingerprint density at radius 1 is 1.53 bits per heavy atom. The smallest absolute Gasteiger partial charge is 0.133 e. The van der Waals surface area contributed by atoms with Crippen molar-refractivity contribution in [2.75, 3.05) is 13.6 Å². The van der Waals surface area contributed by atoms with Crippen molar-refractivity contribution in [2.24, 2.45) is 5.92 Å². The molecule has 19 heavy (non-hydrogen) atoms. The number of hydrogen-bond acceptors (Lipinski definition) is 4. The van der Waals surface area contributed by atoms with Crippen LogP contribution in [0.2, 0.25) is 0 Å². The van der Waals surface area contributed by atoms with Crippen LogP contribution in [0.1, 0.15) is 23.7 Å². The summed E-state index contributed by atoms with van der Waals surface area (Å²) in [7, 11) is 2.15. The van der Waals surface area contributed by atoms with Gasteiger partial charge in [0, 0.05) is 44.5 Å². The van der Waals surface area contributed by atoms with Crippen molar-refractivity contribution in [3.8, 4) is 0 Å². The molecular formula is C14H20N4O. The van der Waals surface area contributed by atoms with Crippen LogP contribution in [0.25, 0.3) is 0 Å². The predicted molar refractivity (Wildman–Crippen MR) is 71.6 cm³/mol. The maximum atomic E-state index is 5.10. The van der Waals surface area contributed by atoms with E-state index in [1.807, 2.05) is 19.2 Å². The van der Waals surface area contributed by atoms with Gasteiger partial charge >= 0.3 is 0 Å². The number of imidazole rings is 1. The molecule has 0 fully saturated rings. The lowest BCUT2D eigenvalue weighted by atomic mass is 9.99. The summed E-state index contributed by atoms with van der Waals surface area (Å²) in [6.45, 7) is 4.95. The Labute approximate surface area is 113 Å². The molecule has 1 atom stereocenters. The van der Waals surface area contributed by atoms with E-state index in [1.165, 1.54) is 12.2 Å². The van der Waals surface area contributed by atoms with Crippen molar-refractivity contribution < 1.29 is 4.52 Å². The Balaban J connectivity index is 1.54. The second-order valence-corrected chi connectivity index (χ2v) is 5.53. The van der Waals surface area contributed by atoms with Crippen molar-refractivity contribution in [3.63, 3.8) is 0 Å². The van der Waals surface area contributed by atoms with Crippen molar-refractivity contribution in [1.82, 2.24) is 19.6 Å². The van der Waals surface area contributed by atoms with Gasteiger partial charge in [-0.2, -0.15) is 0 Å². The lowest BCUT2D eigenvalue weighted by Gasteiger charge is -2.27. The minimum absolute atomic E-state index is 0.694. The van der Waals surface area contributed by atoms with Gasteiger partial charge in [0.05, 0.1) is 5.69 Å². The van der Waals surface area contributed by atoms with E-state index in [4.69, 9.17) is 4.52 Å². The first-order valence-corrected chi connectivity index (χ1v) is 6.81. The van der Waals surface area contributed by atoms with Crippen molar-refractivity contribution >= 4 is 0 Å². The summed E-state index contributed by atoms with van der Waals surface area (Å²) in [5.74, 6) is 2.80. The maximum Gasteiger partial charge on any atom is 0.133 e. The molecule has 0 spiro atoms. The quantitative estimate of drug-likeness (QED) is 0.842. The largest absolute Gasteiger partial charge is 0.361 e. The Morgan fingerprint density at radius 3 is 3.21 bits per heavy atom. The molecule has 3 heterocycles. The normalized spacial score (nSPS) is 18.8. The van der Waals surface area contributed by atoms with Crippen molar-refractivity contribution in [2.45, 2.75) is 32.9 Å². The second kappa shape index (κ2) is 5.17. The van der Waals surface area contributed by atoms with Crippen LogP contribution in [0.3, 0.4) is 0 Å². The van der Waals surface area contributed by atoms with Gasteiger partial charge in [-0.05, 0) is 26.3 Å². The highest BCUT2D eigenvalue weighted by Crippen LogP contribution is 2.19. The van der Waals surface area contributed by atoms with Crippen molar-refractivity contribution in [3.05, 3.63) is 35.7 Å².